The number of alkyl halides is 2. The molecular formula is C28H32Cl2O6. The van der Waals surface area contributed by atoms with Gasteiger partial charge in [0.1, 0.15) is 6.26 Å². The van der Waals surface area contributed by atoms with E-state index in [-0.39, 0.29) is 40.8 Å². The second-order valence-corrected chi connectivity index (χ2v) is 12.2. The van der Waals surface area contributed by atoms with Gasteiger partial charge < -0.3 is 13.9 Å². The number of hydrogen-bond donors (Lipinski definition) is 0. The highest BCUT2D eigenvalue weighted by Crippen LogP contribution is 2.72. The summed E-state index contributed by atoms with van der Waals surface area (Å²) in [7, 11) is 1.63. The van der Waals surface area contributed by atoms with E-state index in [9.17, 15) is 14.4 Å². The second kappa shape index (κ2) is 8.57. The lowest BCUT2D eigenvalue weighted by molar-refractivity contribution is -0.180. The quantitative estimate of drug-likeness (QED) is 0.365. The molecule has 1 aromatic rings. The van der Waals surface area contributed by atoms with Crippen molar-refractivity contribution in [2.45, 2.75) is 63.0 Å². The number of halogens is 2. The van der Waals surface area contributed by atoms with E-state index in [2.05, 4.69) is 6.92 Å². The Morgan fingerprint density at radius 1 is 1.25 bits per heavy atom. The zero-order valence-corrected chi connectivity index (χ0v) is 22.5. The number of ketones is 2. The molecule has 0 aliphatic heterocycles. The Balaban J connectivity index is 1.64. The number of rotatable bonds is 5. The van der Waals surface area contributed by atoms with Crippen LogP contribution in [0.1, 0.15) is 56.8 Å². The third-order valence-corrected chi connectivity index (χ3v) is 11.1. The van der Waals surface area contributed by atoms with Gasteiger partial charge in [-0.2, -0.15) is 0 Å². The number of Topliss-reactive ketones (excluding diaryl/α,β-unsaturated/α-hetero) is 1. The minimum absolute atomic E-state index is 0.0230. The molecule has 5 rings (SSSR count). The fourth-order valence-electron chi connectivity index (χ4n) is 8.30. The Hall–Kier alpha value is -1.89. The fraction of sp³-hybridized carbons (Fsp3) is 0.607. The molecule has 8 heteroatoms. The first-order valence-electron chi connectivity index (χ1n) is 12.5. The number of fused-ring (bicyclic) bond motifs is 5. The molecule has 3 saturated carbocycles. The zero-order chi connectivity index (χ0) is 26.1. The van der Waals surface area contributed by atoms with Crippen LogP contribution in [0, 0.1) is 28.6 Å². The van der Waals surface area contributed by atoms with E-state index in [0.29, 0.717) is 12.8 Å². The number of esters is 1. The normalized spacial score (nSPS) is 43.3. The molecule has 6 nitrogen and oxygen atoms in total. The van der Waals surface area contributed by atoms with Crippen LogP contribution in [0.15, 0.2) is 46.8 Å². The van der Waals surface area contributed by atoms with Gasteiger partial charge in [0.15, 0.2) is 17.2 Å². The maximum atomic E-state index is 13.7. The van der Waals surface area contributed by atoms with Crippen LogP contribution in [0.25, 0.3) is 0 Å². The van der Waals surface area contributed by atoms with E-state index >= 15 is 0 Å². The van der Waals surface area contributed by atoms with Crippen LogP contribution in [-0.4, -0.2) is 47.1 Å². The summed E-state index contributed by atoms with van der Waals surface area (Å²) in [6.45, 7) is 6.08. The molecular weight excluding hydrogens is 503 g/mol. The van der Waals surface area contributed by atoms with Gasteiger partial charge in [0, 0.05) is 23.9 Å². The van der Waals surface area contributed by atoms with Crippen molar-refractivity contribution < 1.29 is 28.3 Å². The van der Waals surface area contributed by atoms with Crippen LogP contribution < -0.4 is 0 Å². The highest BCUT2D eigenvalue weighted by Gasteiger charge is 2.76. The molecule has 3 fully saturated rings. The Morgan fingerprint density at radius 3 is 2.64 bits per heavy atom. The monoisotopic (exact) mass is 534 g/mol. The summed E-state index contributed by atoms with van der Waals surface area (Å²) in [6, 6.07) is 1.52. The molecule has 1 heterocycles. The zero-order valence-electron chi connectivity index (χ0n) is 21.0. The number of allylic oxidation sites excluding steroid dienone is 4. The van der Waals surface area contributed by atoms with Crippen molar-refractivity contribution in [3.8, 4) is 0 Å². The summed E-state index contributed by atoms with van der Waals surface area (Å²) >= 11 is 13.9. The highest BCUT2D eigenvalue weighted by atomic mass is 35.5. The summed E-state index contributed by atoms with van der Waals surface area (Å²) in [5.74, 6) is -1.55. The molecule has 4 aliphatic rings. The second-order valence-electron chi connectivity index (χ2n) is 11.3. The molecule has 36 heavy (non-hydrogen) atoms. The van der Waals surface area contributed by atoms with Crippen LogP contribution in [0.2, 0.25) is 0 Å². The van der Waals surface area contributed by atoms with Gasteiger partial charge in [-0.25, -0.2) is 4.79 Å². The van der Waals surface area contributed by atoms with E-state index in [1.54, 1.807) is 19.3 Å². The molecule has 0 amide bonds. The van der Waals surface area contributed by atoms with Crippen LogP contribution in [0.4, 0.5) is 0 Å². The van der Waals surface area contributed by atoms with Crippen molar-refractivity contribution in [2.24, 2.45) is 28.6 Å². The Bertz CT molecular complexity index is 1160. The van der Waals surface area contributed by atoms with Gasteiger partial charge in [-0.3, -0.25) is 9.59 Å². The minimum atomic E-state index is -1.43. The molecule has 0 unspecified atom stereocenters. The Morgan fingerprint density at radius 2 is 2.00 bits per heavy atom. The number of furan rings is 1. The maximum absolute atomic E-state index is 13.7. The summed E-state index contributed by atoms with van der Waals surface area (Å²) in [5.41, 5.74) is -1.50. The molecule has 0 saturated heterocycles. The van der Waals surface area contributed by atoms with E-state index in [1.807, 2.05) is 19.9 Å². The molecule has 0 radical (unpaired) electrons. The highest BCUT2D eigenvalue weighted by molar-refractivity contribution is 6.29. The summed E-state index contributed by atoms with van der Waals surface area (Å²) < 4.78 is 17.4. The predicted molar refractivity (Wildman–Crippen MR) is 135 cm³/mol. The molecule has 8 atom stereocenters. The summed E-state index contributed by atoms with van der Waals surface area (Å²) in [4.78, 5) is 38.3. The average molecular weight is 535 g/mol. The number of carbonyl (C=O) groups is 3. The SMILES string of the molecule is CO[C@H]1C[C@@]2(C)[C@@H](C[C@@H](C)[C@]2(OC(=O)c2ccoc2)C(=O)CCl)[C@@H]2CCC3=CC(=O)C=C[C@]3(C)[C@@]12Cl. The van der Waals surface area contributed by atoms with Crippen LogP contribution in [-0.2, 0) is 19.1 Å². The largest absolute Gasteiger partial charge is 0.472 e. The summed E-state index contributed by atoms with van der Waals surface area (Å²) in [6.07, 6.45) is 10.0. The average Bonchev–Trinajstić information content (AvgIpc) is 3.46. The van der Waals surface area contributed by atoms with Crippen molar-refractivity contribution in [3.05, 3.63) is 48.0 Å². The van der Waals surface area contributed by atoms with Gasteiger partial charge in [0.05, 0.1) is 28.7 Å². The first kappa shape index (κ1) is 25.7. The first-order chi connectivity index (χ1) is 17.0. The number of ether oxygens (including phenoxy) is 2. The van der Waals surface area contributed by atoms with Gasteiger partial charge in [-0.05, 0) is 55.7 Å². The molecule has 194 valence electrons. The van der Waals surface area contributed by atoms with Gasteiger partial charge in [0.2, 0.25) is 0 Å². The predicted octanol–water partition coefficient (Wildman–Crippen LogP) is 5.52. The van der Waals surface area contributed by atoms with Crippen LogP contribution in [0.3, 0.4) is 0 Å². The minimum Gasteiger partial charge on any atom is -0.472 e. The topological polar surface area (TPSA) is 82.8 Å². The van der Waals surface area contributed by atoms with Gasteiger partial charge in [0.25, 0.3) is 0 Å². The lowest BCUT2D eigenvalue weighted by Crippen LogP contribution is -2.69. The van der Waals surface area contributed by atoms with Crippen molar-refractivity contribution in [1.82, 2.24) is 0 Å². The standard InChI is InChI=1S/C28H32Cl2O6/c1-16-11-21-20-6-5-18-12-19(31)7-9-25(18,2)27(20,30)23(34-4)13-26(21,3)28(16,22(32)14-29)36-24(33)17-8-10-35-15-17/h7-10,12,15-16,20-21,23H,5-6,11,13-14H2,1-4H3/t16-,20+,21+,23+,25+,26+,27+,28+/m1/s1. The van der Waals surface area contributed by atoms with Crippen molar-refractivity contribution in [1.29, 1.82) is 0 Å². The Labute approximate surface area is 221 Å². The molecule has 0 bridgehead atoms. The van der Waals surface area contributed by atoms with Gasteiger partial charge >= 0.3 is 5.97 Å². The van der Waals surface area contributed by atoms with E-state index in [1.165, 1.54) is 18.6 Å². The molecule has 4 aliphatic carbocycles. The maximum Gasteiger partial charge on any atom is 0.342 e. The third-order valence-electron chi connectivity index (χ3n) is 9.99. The van der Waals surface area contributed by atoms with E-state index in [0.717, 1.165) is 18.4 Å². The summed E-state index contributed by atoms with van der Waals surface area (Å²) in [5, 5.41) is 0. The smallest absolute Gasteiger partial charge is 0.342 e. The van der Waals surface area contributed by atoms with E-state index in [4.69, 9.17) is 37.1 Å². The van der Waals surface area contributed by atoms with Gasteiger partial charge in [-0.15, -0.1) is 23.2 Å². The fourth-order valence-corrected chi connectivity index (χ4v) is 9.11. The van der Waals surface area contributed by atoms with Gasteiger partial charge in [-0.1, -0.05) is 32.4 Å². The molecule has 0 spiro atoms. The molecule has 1 aromatic heterocycles. The number of hydrogen-bond acceptors (Lipinski definition) is 6. The third kappa shape index (κ3) is 3.10. The van der Waals surface area contributed by atoms with Crippen LogP contribution >= 0.6 is 23.2 Å². The molecule has 0 aromatic carbocycles. The van der Waals surface area contributed by atoms with Crippen molar-refractivity contribution in [3.63, 3.8) is 0 Å². The Kier molecular flexibility index (Phi) is 6.13. The van der Waals surface area contributed by atoms with Crippen LogP contribution in [0.5, 0.6) is 0 Å². The lowest BCUT2D eigenvalue weighted by atomic mass is 9.45. The van der Waals surface area contributed by atoms with E-state index < -0.39 is 33.4 Å². The number of methoxy groups -OCH3 is 1. The molecule has 0 N–H and O–H groups in total. The van der Waals surface area contributed by atoms with Crippen molar-refractivity contribution >= 4 is 40.7 Å². The lowest BCUT2D eigenvalue weighted by Gasteiger charge is -2.64. The first-order valence-corrected chi connectivity index (χ1v) is 13.4. The van der Waals surface area contributed by atoms with Crippen molar-refractivity contribution in [2.75, 3.05) is 13.0 Å². The number of carbonyl (C=O) groups excluding carboxylic acids is 3.